The maximum absolute atomic E-state index is 10.9. The van der Waals surface area contributed by atoms with Crippen LogP contribution in [0.2, 0.25) is 0 Å². The van der Waals surface area contributed by atoms with E-state index in [9.17, 15) is 5.11 Å². The largest absolute Gasteiger partial charge is 0.493 e. The highest BCUT2D eigenvalue weighted by atomic mass is 16.5. The third-order valence-corrected chi connectivity index (χ3v) is 4.69. The van der Waals surface area contributed by atoms with Gasteiger partial charge in [-0.05, 0) is 29.8 Å². The Morgan fingerprint density at radius 1 is 0.893 bits per heavy atom. The molecule has 0 aliphatic rings. The van der Waals surface area contributed by atoms with Crippen LogP contribution in [0.25, 0.3) is 11.0 Å². The molecule has 142 valence electrons. The van der Waals surface area contributed by atoms with Gasteiger partial charge in [0, 0.05) is 0 Å². The first-order valence-corrected chi connectivity index (χ1v) is 9.22. The van der Waals surface area contributed by atoms with Gasteiger partial charge in [-0.25, -0.2) is 4.98 Å². The van der Waals surface area contributed by atoms with E-state index in [2.05, 4.69) is 4.98 Å². The molecule has 0 spiro atoms. The molecule has 5 nitrogen and oxygen atoms in total. The van der Waals surface area contributed by atoms with Crippen molar-refractivity contribution in [1.29, 1.82) is 0 Å². The van der Waals surface area contributed by atoms with Crippen LogP contribution in [0, 0.1) is 0 Å². The number of aromatic nitrogens is 2. The van der Waals surface area contributed by atoms with Crippen molar-refractivity contribution in [1.82, 2.24) is 9.55 Å². The SMILES string of the molecule is COc1ccccc1OCCn1c(C(O)c2ccccc2)nc2ccccc21. The van der Waals surface area contributed by atoms with Gasteiger partial charge in [-0.15, -0.1) is 0 Å². The number of benzene rings is 3. The number of nitrogens with zero attached hydrogens (tertiary/aromatic N) is 2. The van der Waals surface area contributed by atoms with Crippen LogP contribution < -0.4 is 9.47 Å². The Hall–Kier alpha value is -3.31. The average Bonchev–Trinajstić information content (AvgIpc) is 3.13. The fourth-order valence-electron chi connectivity index (χ4n) is 3.31. The monoisotopic (exact) mass is 374 g/mol. The maximum Gasteiger partial charge on any atom is 0.161 e. The number of hydrogen-bond acceptors (Lipinski definition) is 4. The molecular weight excluding hydrogens is 352 g/mol. The highest BCUT2D eigenvalue weighted by molar-refractivity contribution is 5.76. The Morgan fingerprint density at radius 3 is 2.36 bits per heavy atom. The van der Waals surface area contributed by atoms with Crippen molar-refractivity contribution >= 4 is 11.0 Å². The van der Waals surface area contributed by atoms with Crippen molar-refractivity contribution < 1.29 is 14.6 Å². The van der Waals surface area contributed by atoms with Gasteiger partial charge < -0.3 is 19.1 Å². The lowest BCUT2D eigenvalue weighted by Crippen LogP contribution is -2.14. The average molecular weight is 374 g/mol. The van der Waals surface area contributed by atoms with Gasteiger partial charge in [-0.2, -0.15) is 0 Å². The summed E-state index contributed by atoms with van der Waals surface area (Å²) in [6, 6.07) is 25.0. The molecule has 0 aliphatic heterocycles. The summed E-state index contributed by atoms with van der Waals surface area (Å²) in [6.45, 7) is 0.979. The molecule has 28 heavy (non-hydrogen) atoms. The second-order valence-electron chi connectivity index (χ2n) is 6.42. The van der Waals surface area contributed by atoms with Crippen LogP contribution in [0.3, 0.4) is 0 Å². The fraction of sp³-hybridized carbons (Fsp3) is 0.174. The Kier molecular flexibility index (Phi) is 5.26. The molecular formula is C23H22N2O3. The third-order valence-electron chi connectivity index (χ3n) is 4.69. The molecule has 0 radical (unpaired) electrons. The molecule has 4 rings (SSSR count). The van der Waals surface area contributed by atoms with E-state index in [1.165, 1.54) is 0 Å². The van der Waals surface area contributed by atoms with E-state index in [0.717, 1.165) is 16.6 Å². The van der Waals surface area contributed by atoms with Gasteiger partial charge in [0.2, 0.25) is 0 Å². The molecule has 1 atom stereocenters. The van der Waals surface area contributed by atoms with Gasteiger partial charge in [0.25, 0.3) is 0 Å². The van der Waals surface area contributed by atoms with Crippen molar-refractivity contribution in [3.8, 4) is 11.5 Å². The Balaban J connectivity index is 1.62. The first kappa shape index (κ1) is 18.1. The van der Waals surface area contributed by atoms with E-state index in [4.69, 9.17) is 9.47 Å². The number of methoxy groups -OCH3 is 1. The lowest BCUT2D eigenvalue weighted by Gasteiger charge is -2.15. The molecule has 0 saturated carbocycles. The molecule has 1 unspecified atom stereocenters. The Labute approximate surface area is 163 Å². The van der Waals surface area contributed by atoms with Gasteiger partial charge in [0.1, 0.15) is 18.5 Å². The van der Waals surface area contributed by atoms with Crippen molar-refractivity contribution in [2.75, 3.05) is 13.7 Å². The zero-order valence-corrected chi connectivity index (χ0v) is 15.7. The van der Waals surface area contributed by atoms with Gasteiger partial charge in [0.15, 0.2) is 11.5 Å². The second-order valence-corrected chi connectivity index (χ2v) is 6.42. The second kappa shape index (κ2) is 8.15. The minimum atomic E-state index is -0.806. The molecule has 0 amide bonds. The predicted molar refractivity (Wildman–Crippen MR) is 109 cm³/mol. The summed E-state index contributed by atoms with van der Waals surface area (Å²) in [5.41, 5.74) is 2.63. The van der Waals surface area contributed by atoms with E-state index in [-0.39, 0.29) is 0 Å². The summed E-state index contributed by atoms with van der Waals surface area (Å²) in [5.74, 6) is 2.00. The van der Waals surface area contributed by atoms with Crippen LogP contribution in [0.15, 0.2) is 78.9 Å². The maximum atomic E-state index is 10.9. The molecule has 0 aliphatic carbocycles. The number of aliphatic hydroxyl groups excluding tert-OH is 1. The molecule has 4 aromatic rings. The number of ether oxygens (including phenoxy) is 2. The molecule has 1 aromatic heterocycles. The van der Waals surface area contributed by atoms with E-state index in [0.29, 0.717) is 30.5 Å². The number of aliphatic hydroxyl groups is 1. The quantitative estimate of drug-likeness (QED) is 0.527. The van der Waals surface area contributed by atoms with Crippen LogP contribution >= 0.6 is 0 Å². The van der Waals surface area contributed by atoms with Crippen molar-refractivity contribution in [3.05, 3.63) is 90.3 Å². The van der Waals surface area contributed by atoms with E-state index < -0.39 is 6.10 Å². The lowest BCUT2D eigenvalue weighted by atomic mass is 10.1. The van der Waals surface area contributed by atoms with Gasteiger partial charge in [-0.1, -0.05) is 54.6 Å². The summed E-state index contributed by atoms with van der Waals surface area (Å²) in [5, 5.41) is 10.9. The number of para-hydroxylation sites is 4. The highest BCUT2D eigenvalue weighted by Crippen LogP contribution is 2.27. The summed E-state index contributed by atoms with van der Waals surface area (Å²) < 4.78 is 13.3. The summed E-state index contributed by atoms with van der Waals surface area (Å²) in [7, 11) is 1.62. The predicted octanol–water partition coefficient (Wildman–Crippen LogP) is 4.21. The number of fused-ring (bicyclic) bond motifs is 1. The summed E-state index contributed by atoms with van der Waals surface area (Å²) in [6.07, 6.45) is -0.806. The van der Waals surface area contributed by atoms with Crippen LogP contribution in [0.5, 0.6) is 11.5 Å². The lowest BCUT2D eigenvalue weighted by molar-refractivity contribution is 0.201. The minimum absolute atomic E-state index is 0.426. The molecule has 0 saturated heterocycles. The van der Waals surface area contributed by atoms with Crippen molar-refractivity contribution in [2.45, 2.75) is 12.6 Å². The van der Waals surface area contributed by atoms with Crippen LogP contribution in [0.4, 0.5) is 0 Å². The van der Waals surface area contributed by atoms with Crippen LogP contribution in [0.1, 0.15) is 17.5 Å². The van der Waals surface area contributed by atoms with E-state index in [1.807, 2.05) is 83.4 Å². The minimum Gasteiger partial charge on any atom is -0.493 e. The fourth-order valence-corrected chi connectivity index (χ4v) is 3.31. The zero-order valence-electron chi connectivity index (χ0n) is 15.7. The third kappa shape index (κ3) is 3.57. The Bertz CT molecular complexity index is 1060. The molecule has 1 heterocycles. The molecule has 5 heteroatoms. The molecule has 0 fully saturated rings. The Morgan fingerprint density at radius 2 is 1.57 bits per heavy atom. The van der Waals surface area contributed by atoms with Crippen LogP contribution in [-0.2, 0) is 6.54 Å². The number of rotatable bonds is 7. The topological polar surface area (TPSA) is 56.5 Å². The number of imidazole rings is 1. The van der Waals surface area contributed by atoms with Gasteiger partial charge in [-0.3, -0.25) is 0 Å². The standard InChI is InChI=1S/C23H22N2O3/c1-27-20-13-7-8-14-21(20)28-16-15-25-19-12-6-5-11-18(19)24-23(25)22(26)17-9-3-2-4-10-17/h2-14,22,26H,15-16H2,1H3. The zero-order chi connectivity index (χ0) is 19.3. The number of hydrogen-bond donors (Lipinski definition) is 1. The van der Waals surface area contributed by atoms with Gasteiger partial charge >= 0.3 is 0 Å². The van der Waals surface area contributed by atoms with Crippen molar-refractivity contribution in [3.63, 3.8) is 0 Å². The first-order chi connectivity index (χ1) is 13.8. The van der Waals surface area contributed by atoms with Crippen LogP contribution in [-0.4, -0.2) is 28.4 Å². The van der Waals surface area contributed by atoms with E-state index in [1.54, 1.807) is 7.11 Å². The van der Waals surface area contributed by atoms with Crippen molar-refractivity contribution in [2.24, 2.45) is 0 Å². The smallest absolute Gasteiger partial charge is 0.161 e. The highest BCUT2D eigenvalue weighted by Gasteiger charge is 2.19. The van der Waals surface area contributed by atoms with E-state index >= 15 is 0 Å². The molecule has 0 bridgehead atoms. The molecule has 3 aromatic carbocycles. The summed E-state index contributed by atoms with van der Waals surface area (Å²) in [4.78, 5) is 4.68. The van der Waals surface area contributed by atoms with Gasteiger partial charge in [0.05, 0.1) is 24.7 Å². The molecule has 1 N–H and O–H groups in total. The normalized spacial score (nSPS) is 12.1. The first-order valence-electron chi connectivity index (χ1n) is 9.22. The summed E-state index contributed by atoms with van der Waals surface area (Å²) >= 11 is 0.